The van der Waals surface area contributed by atoms with E-state index in [0.717, 1.165) is 0 Å². The maximum Gasteiger partial charge on any atom is 1.00 e. The van der Waals surface area contributed by atoms with Crippen molar-refractivity contribution in [2.45, 2.75) is 6.92 Å². The molecule has 0 aliphatic heterocycles. The fourth-order valence-electron chi connectivity index (χ4n) is 0.690. The third-order valence-electron chi connectivity index (χ3n) is 1.26. The quantitative estimate of drug-likeness (QED) is 0.512. The molecule has 0 amide bonds. The molecule has 0 N–H and O–H groups in total. The maximum atomic E-state index is 10.7. The summed E-state index contributed by atoms with van der Waals surface area (Å²) in [5.74, 6) is -0.0787. The van der Waals surface area contributed by atoms with Crippen molar-refractivity contribution in [3.63, 3.8) is 0 Å². The first-order chi connectivity index (χ1) is 4.70. The molecule has 1 rings (SSSR count). The average molecular weight is 221 g/mol. The Balaban J connectivity index is 0.000001000. The second-order valence-electron chi connectivity index (χ2n) is 2.08. The molecule has 11 heavy (non-hydrogen) atoms. The van der Waals surface area contributed by atoms with Crippen LogP contribution in [0.1, 0.15) is 17.3 Å². The Bertz CT molecular complexity index is 241. The minimum atomic E-state index is -0.0648. The van der Waals surface area contributed by atoms with Crippen molar-refractivity contribution in [1.82, 2.24) is 0 Å². The number of rotatable bonds is 1. The van der Waals surface area contributed by atoms with E-state index in [0.29, 0.717) is 5.56 Å². The van der Waals surface area contributed by atoms with Gasteiger partial charge in [-0.2, -0.15) is 0 Å². The molecule has 0 spiro atoms. The van der Waals surface area contributed by atoms with Gasteiger partial charge < -0.3 is 5.11 Å². The molecular weight excluding hydrogens is 214 g/mol. The standard InChI is InChI=1S/C8H8O2.Rb/c1-6(9)7-2-4-8(10)5-3-7;/h2-5,10H,1H3;/q;+1/p-1. The first-order valence-corrected chi connectivity index (χ1v) is 2.98. The molecular formula is C8H7O2Rb. The topological polar surface area (TPSA) is 40.1 Å². The largest absolute Gasteiger partial charge is 1.00 e. The van der Waals surface area contributed by atoms with Gasteiger partial charge in [-0.25, -0.2) is 0 Å². The molecule has 52 valence electrons. The Morgan fingerprint density at radius 3 is 2.09 bits per heavy atom. The van der Waals surface area contributed by atoms with Gasteiger partial charge in [-0.3, -0.25) is 4.79 Å². The van der Waals surface area contributed by atoms with E-state index in [4.69, 9.17) is 0 Å². The second kappa shape index (κ2) is 5.20. The van der Waals surface area contributed by atoms with Gasteiger partial charge in [0.1, 0.15) is 0 Å². The summed E-state index contributed by atoms with van der Waals surface area (Å²) in [6, 6.07) is 5.84. The van der Waals surface area contributed by atoms with Crippen molar-refractivity contribution in [3.8, 4) is 5.75 Å². The van der Waals surface area contributed by atoms with Gasteiger partial charge in [0.05, 0.1) is 0 Å². The molecule has 2 nitrogen and oxygen atoms in total. The minimum Gasteiger partial charge on any atom is -0.872 e. The van der Waals surface area contributed by atoms with Crippen molar-refractivity contribution in [2.75, 3.05) is 0 Å². The van der Waals surface area contributed by atoms with Crippen molar-refractivity contribution in [2.24, 2.45) is 0 Å². The Morgan fingerprint density at radius 1 is 1.27 bits per heavy atom. The number of carbonyl (C=O) groups excluding carboxylic acids is 1. The van der Waals surface area contributed by atoms with Gasteiger partial charge in [-0.1, -0.05) is 24.3 Å². The molecule has 0 bridgehead atoms. The minimum absolute atomic E-state index is 0. The van der Waals surface area contributed by atoms with Crippen LogP contribution in [-0.4, -0.2) is 5.78 Å². The van der Waals surface area contributed by atoms with Gasteiger partial charge in [-0.05, 0) is 6.92 Å². The van der Waals surface area contributed by atoms with Gasteiger partial charge in [0.2, 0.25) is 0 Å². The zero-order valence-electron chi connectivity index (χ0n) is 6.63. The van der Waals surface area contributed by atoms with Gasteiger partial charge in [0.25, 0.3) is 0 Å². The summed E-state index contributed by atoms with van der Waals surface area (Å²) in [6.07, 6.45) is 0. The summed E-state index contributed by atoms with van der Waals surface area (Å²) in [4.78, 5) is 10.7. The van der Waals surface area contributed by atoms with Crippen LogP contribution in [0.5, 0.6) is 5.75 Å². The van der Waals surface area contributed by atoms with Crippen molar-refractivity contribution in [1.29, 1.82) is 0 Å². The number of benzene rings is 1. The normalized spacial score (nSPS) is 8.45. The molecule has 0 fully saturated rings. The summed E-state index contributed by atoms with van der Waals surface area (Å²) in [6.45, 7) is 1.47. The Hall–Kier alpha value is 0.495. The van der Waals surface area contributed by atoms with Crippen LogP contribution in [0.2, 0.25) is 0 Å². The van der Waals surface area contributed by atoms with Gasteiger partial charge >= 0.3 is 58.2 Å². The Labute approximate surface area is 114 Å². The van der Waals surface area contributed by atoms with Crippen LogP contribution in [0.3, 0.4) is 0 Å². The predicted octanol–water partition coefficient (Wildman–Crippen LogP) is -2.03. The third-order valence-corrected chi connectivity index (χ3v) is 1.26. The summed E-state index contributed by atoms with van der Waals surface area (Å²) < 4.78 is 0. The molecule has 0 saturated carbocycles. The SMILES string of the molecule is CC(=O)c1ccc([O-])cc1.[Rb+]. The molecule has 0 aromatic heterocycles. The number of carbonyl (C=O) groups is 1. The number of ketones is 1. The van der Waals surface area contributed by atoms with Crippen LogP contribution in [0.25, 0.3) is 0 Å². The van der Waals surface area contributed by atoms with E-state index in [-0.39, 0.29) is 69.7 Å². The predicted molar refractivity (Wildman–Crippen MR) is 35.9 cm³/mol. The van der Waals surface area contributed by atoms with Crippen molar-refractivity contribution >= 4 is 5.78 Å². The van der Waals surface area contributed by atoms with Crippen LogP contribution >= 0.6 is 0 Å². The molecule has 0 aliphatic carbocycles. The number of hydrogen-bond donors (Lipinski definition) is 0. The van der Waals surface area contributed by atoms with E-state index in [1.54, 1.807) is 0 Å². The molecule has 0 radical (unpaired) electrons. The van der Waals surface area contributed by atoms with Gasteiger partial charge in [-0.15, -0.1) is 5.75 Å². The zero-order valence-corrected chi connectivity index (χ0v) is 11.5. The van der Waals surface area contributed by atoms with E-state index in [1.807, 2.05) is 0 Å². The number of hydrogen-bond acceptors (Lipinski definition) is 2. The first-order valence-electron chi connectivity index (χ1n) is 2.98. The van der Waals surface area contributed by atoms with Crippen LogP contribution in [-0.2, 0) is 0 Å². The van der Waals surface area contributed by atoms with E-state index < -0.39 is 0 Å². The molecule has 3 heteroatoms. The summed E-state index contributed by atoms with van der Waals surface area (Å²) >= 11 is 0. The second-order valence-corrected chi connectivity index (χ2v) is 2.08. The van der Waals surface area contributed by atoms with E-state index >= 15 is 0 Å². The monoisotopic (exact) mass is 220 g/mol. The Kier molecular flexibility index (Phi) is 5.43. The first kappa shape index (κ1) is 11.5. The molecule has 1 aromatic carbocycles. The third kappa shape index (κ3) is 3.60. The van der Waals surface area contributed by atoms with E-state index in [1.165, 1.54) is 31.2 Å². The fraction of sp³-hybridized carbons (Fsp3) is 0.125. The molecule has 0 saturated heterocycles. The van der Waals surface area contributed by atoms with E-state index in [9.17, 15) is 9.90 Å². The fourth-order valence-corrected chi connectivity index (χ4v) is 0.690. The summed E-state index contributed by atoms with van der Waals surface area (Å²) in [5.41, 5.74) is 0.583. The molecule has 0 aliphatic rings. The molecule has 0 heterocycles. The van der Waals surface area contributed by atoms with Crippen molar-refractivity contribution < 1.29 is 68.1 Å². The smallest absolute Gasteiger partial charge is 0.872 e. The zero-order chi connectivity index (χ0) is 7.56. The maximum absolute atomic E-state index is 10.7. The summed E-state index contributed by atoms with van der Waals surface area (Å²) in [5, 5.41) is 10.5. The van der Waals surface area contributed by atoms with Crippen LogP contribution in [0.4, 0.5) is 0 Å². The Morgan fingerprint density at radius 2 is 1.73 bits per heavy atom. The van der Waals surface area contributed by atoms with Crippen LogP contribution in [0.15, 0.2) is 24.3 Å². The van der Waals surface area contributed by atoms with Crippen LogP contribution in [0, 0.1) is 0 Å². The van der Waals surface area contributed by atoms with Crippen molar-refractivity contribution in [3.05, 3.63) is 29.8 Å². The van der Waals surface area contributed by atoms with Gasteiger partial charge in [0.15, 0.2) is 5.78 Å². The molecule has 1 aromatic rings. The van der Waals surface area contributed by atoms with Gasteiger partial charge in [0, 0.05) is 5.56 Å². The average Bonchev–Trinajstić information content (AvgIpc) is 1.88. The molecule has 0 atom stereocenters. The number of Topliss-reactive ketones (excluding diaryl/α,β-unsaturated/α-hetero) is 1. The van der Waals surface area contributed by atoms with E-state index in [2.05, 4.69) is 0 Å². The molecule has 0 unspecified atom stereocenters. The van der Waals surface area contributed by atoms with Crippen LogP contribution < -0.4 is 63.3 Å². The summed E-state index contributed by atoms with van der Waals surface area (Å²) in [7, 11) is 0.